The average molecular weight is 395 g/mol. The van der Waals surface area contributed by atoms with Gasteiger partial charge >= 0.3 is 0 Å². The topological polar surface area (TPSA) is 6.48 Å². The fraction of sp³-hybridized carbons (Fsp3) is 0.455. The molecule has 1 aliphatic heterocycles. The number of rotatable bonds is 7. The lowest BCUT2D eigenvalue weighted by Gasteiger charge is -2.34. The first-order chi connectivity index (χ1) is 11.8. The van der Waals surface area contributed by atoms with Crippen molar-refractivity contribution >= 4 is 24.8 Å². The Morgan fingerprint density at radius 3 is 1.96 bits per heavy atom. The zero-order valence-corrected chi connectivity index (χ0v) is 17.4. The van der Waals surface area contributed by atoms with E-state index in [-0.39, 0.29) is 24.8 Å². The zero-order chi connectivity index (χ0) is 16.6. The van der Waals surface area contributed by atoms with E-state index in [2.05, 4.69) is 71.3 Å². The minimum atomic E-state index is 0. The fourth-order valence-electron chi connectivity index (χ4n) is 3.54. The maximum absolute atomic E-state index is 2.63. The molecule has 1 saturated heterocycles. The minimum Gasteiger partial charge on any atom is -0.301 e. The van der Waals surface area contributed by atoms with Gasteiger partial charge in [0.05, 0.1) is 0 Å². The SMILES string of the molecule is Cc1cccc(CCN2CCN(CCCc3ccccc3)CC2)c1.Cl.Cl. The summed E-state index contributed by atoms with van der Waals surface area (Å²) >= 11 is 0. The van der Waals surface area contributed by atoms with Gasteiger partial charge in [0.25, 0.3) is 0 Å². The Hall–Kier alpha value is -1.06. The molecule has 0 aliphatic carbocycles. The van der Waals surface area contributed by atoms with Gasteiger partial charge in [-0.3, -0.25) is 0 Å². The quantitative estimate of drug-likeness (QED) is 0.674. The lowest BCUT2D eigenvalue weighted by molar-refractivity contribution is 0.132. The van der Waals surface area contributed by atoms with Gasteiger partial charge in [-0.1, -0.05) is 60.2 Å². The maximum atomic E-state index is 2.63. The molecule has 0 aromatic heterocycles. The van der Waals surface area contributed by atoms with Crippen LogP contribution in [0.15, 0.2) is 54.6 Å². The van der Waals surface area contributed by atoms with Crippen molar-refractivity contribution in [1.82, 2.24) is 9.80 Å². The smallest absolute Gasteiger partial charge is 0.0110 e. The van der Waals surface area contributed by atoms with Gasteiger partial charge in [-0.05, 0) is 43.9 Å². The summed E-state index contributed by atoms with van der Waals surface area (Å²) in [4.78, 5) is 5.25. The summed E-state index contributed by atoms with van der Waals surface area (Å²) in [5.41, 5.74) is 4.31. The summed E-state index contributed by atoms with van der Waals surface area (Å²) in [5, 5.41) is 0. The molecule has 4 heteroatoms. The molecular formula is C22H32Cl2N2. The van der Waals surface area contributed by atoms with Crippen molar-refractivity contribution in [1.29, 1.82) is 0 Å². The molecule has 2 aromatic carbocycles. The van der Waals surface area contributed by atoms with Gasteiger partial charge < -0.3 is 9.80 Å². The average Bonchev–Trinajstić information content (AvgIpc) is 2.62. The van der Waals surface area contributed by atoms with Crippen LogP contribution in [0.3, 0.4) is 0 Å². The first-order valence-electron chi connectivity index (χ1n) is 9.34. The lowest BCUT2D eigenvalue weighted by atomic mass is 10.1. The molecule has 2 nitrogen and oxygen atoms in total. The predicted molar refractivity (Wildman–Crippen MR) is 117 cm³/mol. The second-order valence-electron chi connectivity index (χ2n) is 7.01. The molecule has 0 spiro atoms. The van der Waals surface area contributed by atoms with E-state index in [1.54, 1.807) is 0 Å². The molecule has 0 N–H and O–H groups in total. The van der Waals surface area contributed by atoms with Gasteiger partial charge in [-0.25, -0.2) is 0 Å². The van der Waals surface area contributed by atoms with E-state index in [1.807, 2.05) is 0 Å². The Labute approximate surface area is 171 Å². The number of hydrogen-bond donors (Lipinski definition) is 0. The van der Waals surface area contributed by atoms with Crippen LogP contribution >= 0.6 is 24.8 Å². The molecule has 0 amide bonds. The summed E-state index contributed by atoms with van der Waals surface area (Å²) in [6, 6.07) is 19.8. The fourth-order valence-corrected chi connectivity index (χ4v) is 3.54. The summed E-state index contributed by atoms with van der Waals surface area (Å²) < 4.78 is 0. The normalized spacial score (nSPS) is 15.1. The Balaban J connectivity index is 0.00000169. The molecular weight excluding hydrogens is 363 g/mol. The molecule has 1 aliphatic rings. The van der Waals surface area contributed by atoms with Crippen LogP contribution < -0.4 is 0 Å². The Kier molecular flexibility index (Phi) is 10.9. The van der Waals surface area contributed by atoms with E-state index in [9.17, 15) is 0 Å². The zero-order valence-electron chi connectivity index (χ0n) is 15.8. The van der Waals surface area contributed by atoms with Crippen LogP contribution in [0, 0.1) is 6.92 Å². The van der Waals surface area contributed by atoms with Crippen molar-refractivity contribution in [3.8, 4) is 0 Å². The molecule has 0 radical (unpaired) electrons. The minimum absolute atomic E-state index is 0. The highest BCUT2D eigenvalue weighted by Gasteiger charge is 2.16. The highest BCUT2D eigenvalue weighted by atomic mass is 35.5. The molecule has 0 saturated carbocycles. The molecule has 3 rings (SSSR count). The second kappa shape index (κ2) is 12.3. The van der Waals surface area contributed by atoms with Crippen LogP contribution in [0.4, 0.5) is 0 Å². The largest absolute Gasteiger partial charge is 0.301 e. The van der Waals surface area contributed by atoms with Crippen molar-refractivity contribution in [2.24, 2.45) is 0 Å². The van der Waals surface area contributed by atoms with Crippen LogP contribution in [0.5, 0.6) is 0 Å². The lowest BCUT2D eigenvalue weighted by Crippen LogP contribution is -2.47. The molecule has 144 valence electrons. The Morgan fingerprint density at radius 1 is 0.692 bits per heavy atom. The van der Waals surface area contributed by atoms with Crippen molar-refractivity contribution in [3.05, 3.63) is 71.3 Å². The monoisotopic (exact) mass is 394 g/mol. The third-order valence-corrected chi connectivity index (χ3v) is 5.05. The van der Waals surface area contributed by atoms with Crippen LogP contribution in [0.25, 0.3) is 0 Å². The predicted octanol–water partition coefficient (Wildman–Crippen LogP) is 4.63. The number of nitrogens with zero attached hydrogens (tertiary/aromatic N) is 2. The first kappa shape index (κ1) is 23.0. The van der Waals surface area contributed by atoms with Gasteiger partial charge in [0.15, 0.2) is 0 Å². The van der Waals surface area contributed by atoms with E-state index in [0.717, 1.165) is 0 Å². The van der Waals surface area contributed by atoms with Crippen LogP contribution in [0.2, 0.25) is 0 Å². The second-order valence-corrected chi connectivity index (χ2v) is 7.01. The van der Waals surface area contributed by atoms with Gasteiger partial charge in [-0.15, -0.1) is 24.8 Å². The van der Waals surface area contributed by atoms with E-state index >= 15 is 0 Å². The number of halogens is 2. The molecule has 0 bridgehead atoms. The van der Waals surface area contributed by atoms with Crippen LogP contribution in [-0.4, -0.2) is 49.1 Å². The third-order valence-electron chi connectivity index (χ3n) is 5.05. The maximum Gasteiger partial charge on any atom is 0.0110 e. The summed E-state index contributed by atoms with van der Waals surface area (Å²) in [6.45, 7) is 9.50. The van der Waals surface area contributed by atoms with Gasteiger partial charge in [0.2, 0.25) is 0 Å². The Morgan fingerprint density at radius 2 is 1.31 bits per heavy atom. The van der Waals surface area contributed by atoms with Gasteiger partial charge in [0, 0.05) is 32.7 Å². The first-order valence-corrected chi connectivity index (χ1v) is 9.34. The highest BCUT2D eigenvalue weighted by molar-refractivity contribution is 5.85. The number of aryl methyl sites for hydroxylation is 2. The Bertz CT molecular complexity index is 611. The van der Waals surface area contributed by atoms with Gasteiger partial charge in [-0.2, -0.15) is 0 Å². The molecule has 1 fully saturated rings. The summed E-state index contributed by atoms with van der Waals surface area (Å²) in [5.74, 6) is 0. The standard InChI is InChI=1S/C22H30N2.2ClH/c1-20-7-5-10-22(19-20)12-14-24-17-15-23(16-18-24)13-6-11-21-8-3-2-4-9-21;;/h2-5,7-10,19H,6,11-18H2,1H3;2*1H. The molecule has 0 atom stereocenters. The van der Waals surface area contributed by atoms with E-state index in [4.69, 9.17) is 0 Å². The van der Waals surface area contributed by atoms with Crippen molar-refractivity contribution in [2.75, 3.05) is 39.3 Å². The number of hydrogen-bond acceptors (Lipinski definition) is 2. The molecule has 0 unspecified atom stereocenters. The summed E-state index contributed by atoms with van der Waals surface area (Å²) in [6.07, 6.45) is 3.65. The van der Waals surface area contributed by atoms with Crippen molar-refractivity contribution in [2.45, 2.75) is 26.2 Å². The third kappa shape index (κ3) is 7.67. The number of benzene rings is 2. The van der Waals surface area contributed by atoms with Crippen molar-refractivity contribution in [3.63, 3.8) is 0 Å². The molecule has 1 heterocycles. The highest BCUT2D eigenvalue weighted by Crippen LogP contribution is 2.09. The van der Waals surface area contributed by atoms with E-state index in [1.165, 1.54) is 75.2 Å². The van der Waals surface area contributed by atoms with Gasteiger partial charge in [0.1, 0.15) is 0 Å². The van der Waals surface area contributed by atoms with E-state index in [0.29, 0.717) is 0 Å². The van der Waals surface area contributed by atoms with Crippen LogP contribution in [0.1, 0.15) is 23.1 Å². The van der Waals surface area contributed by atoms with Crippen LogP contribution in [-0.2, 0) is 12.8 Å². The van der Waals surface area contributed by atoms with E-state index < -0.39 is 0 Å². The molecule has 2 aromatic rings. The summed E-state index contributed by atoms with van der Waals surface area (Å²) in [7, 11) is 0. The molecule has 26 heavy (non-hydrogen) atoms. The number of piperazine rings is 1. The van der Waals surface area contributed by atoms with Crippen molar-refractivity contribution < 1.29 is 0 Å².